The highest BCUT2D eigenvalue weighted by Gasteiger charge is 2.47. The molecule has 2 heterocycles. The van der Waals surface area contributed by atoms with Gasteiger partial charge in [0.15, 0.2) is 12.6 Å². The molecule has 11 unspecified atom stereocenters. The molecule has 0 spiro atoms. The maximum atomic E-state index is 13.0. The molecule has 0 bridgehead atoms. The van der Waals surface area contributed by atoms with E-state index in [0.29, 0.717) is 13.0 Å². The molecule has 14 heteroatoms. The van der Waals surface area contributed by atoms with E-state index >= 15 is 0 Å². The van der Waals surface area contributed by atoms with Crippen LogP contribution in [-0.4, -0.2) is 142 Å². The first-order chi connectivity index (χ1) is 33.6. The van der Waals surface area contributed by atoms with Gasteiger partial charge < -0.3 is 64.2 Å². The number of carbonyl (C=O) groups excluding carboxylic acids is 1. The molecule has 2 fully saturated rings. The third-order valence-electron chi connectivity index (χ3n) is 11.9. The van der Waals surface area contributed by atoms with E-state index in [1.165, 1.54) is 25.7 Å². The van der Waals surface area contributed by atoms with E-state index in [1.54, 1.807) is 0 Å². The molecule has 69 heavy (non-hydrogen) atoms. The molecule has 14 nitrogen and oxygen atoms in total. The van der Waals surface area contributed by atoms with Crippen molar-refractivity contribution in [3.05, 3.63) is 85.1 Å². The molecule has 2 aliphatic rings. The minimum atomic E-state index is -1.72. The summed E-state index contributed by atoms with van der Waals surface area (Å²) in [5.74, 6) is -0.404. The Hall–Kier alpha value is -2.83. The van der Waals surface area contributed by atoms with Gasteiger partial charge >= 0.3 is 5.97 Å². The molecule has 7 N–H and O–H groups in total. The molecule has 11 atom stereocenters. The standard InChI is InChI=1S/C55H92O14/c1-3-5-7-9-11-13-15-17-19-21-22-23-24-26-28-30-32-34-36-38-47(57)67-44(41-64-39-37-35-33-31-29-27-25-20-18-16-14-12-10-8-6-4-2)42-65-54-53(63)51(61)49(59)46(69-54)43-66-55-52(62)50(60)48(58)45(40-56)68-55/h6,8,11-14,17-20,22-23,27,29,44-46,48-56,58-63H,3-5,7,9-10,15-16,21,24-26,28,30-43H2,1-2H3/b8-6-,13-11-,14-12-,19-17-,20-18-,23-22-,29-27-. The molecule has 0 aromatic carbocycles. The zero-order valence-electron chi connectivity index (χ0n) is 42.0. The highest BCUT2D eigenvalue weighted by molar-refractivity contribution is 5.69. The highest BCUT2D eigenvalue weighted by Crippen LogP contribution is 2.26. The maximum Gasteiger partial charge on any atom is 0.306 e. The van der Waals surface area contributed by atoms with Crippen LogP contribution in [0.3, 0.4) is 0 Å². The molecule has 0 aromatic rings. The lowest BCUT2D eigenvalue weighted by molar-refractivity contribution is -0.332. The van der Waals surface area contributed by atoms with Crippen molar-refractivity contribution in [2.75, 3.05) is 33.0 Å². The average molecular weight is 977 g/mol. The number of ether oxygens (including phenoxy) is 6. The van der Waals surface area contributed by atoms with Crippen molar-refractivity contribution >= 4 is 5.97 Å². The van der Waals surface area contributed by atoms with Crippen LogP contribution in [0.15, 0.2) is 85.1 Å². The smallest absolute Gasteiger partial charge is 0.306 e. The van der Waals surface area contributed by atoms with E-state index in [1.807, 2.05) is 0 Å². The van der Waals surface area contributed by atoms with Crippen LogP contribution >= 0.6 is 0 Å². The predicted octanol–water partition coefficient (Wildman–Crippen LogP) is 8.07. The van der Waals surface area contributed by atoms with Gasteiger partial charge in [0.1, 0.15) is 54.9 Å². The Labute approximate surface area is 414 Å². The summed E-state index contributed by atoms with van der Waals surface area (Å²) in [6.45, 7) is 3.42. The van der Waals surface area contributed by atoms with Crippen molar-refractivity contribution in [1.29, 1.82) is 0 Å². The number of carbonyl (C=O) groups is 1. The second-order valence-corrected chi connectivity index (χ2v) is 18.0. The Balaban J connectivity index is 1.79. The first-order valence-electron chi connectivity index (χ1n) is 26.2. The van der Waals surface area contributed by atoms with Crippen LogP contribution in [-0.2, 0) is 33.2 Å². The van der Waals surface area contributed by atoms with Gasteiger partial charge in [-0.2, -0.15) is 0 Å². The summed E-state index contributed by atoms with van der Waals surface area (Å²) in [5.41, 5.74) is 0. The quantitative estimate of drug-likeness (QED) is 0.0176. The summed E-state index contributed by atoms with van der Waals surface area (Å²) in [4.78, 5) is 13.0. The highest BCUT2D eigenvalue weighted by atomic mass is 16.7. The van der Waals surface area contributed by atoms with E-state index in [0.717, 1.165) is 103 Å². The monoisotopic (exact) mass is 977 g/mol. The van der Waals surface area contributed by atoms with Crippen LogP contribution in [0.4, 0.5) is 0 Å². The van der Waals surface area contributed by atoms with Gasteiger partial charge in [-0.1, -0.05) is 144 Å². The van der Waals surface area contributed by atoms with Crippen molar-refractivity contribution in [2.45, 2.75) is 223 Å². The molecule has 0 aromatic heterocycles. The maximum absolute atomic E-state index is 13.0. The third-order valence-corrected chi connectivity index (χ3v) is 11.9. The normalized spacial score (nSPS) is 26.4. The van der Waals surface area contributed by atoms with Crippen molar-refractivity contribution in [3.8, 4) is 0 Å². The minimum Gasteiger partial charge on any atom is -0.457 e. The number of hydrogen-bond donors (Lipinski definition) is 7. The van der Waals surface area contributed by atoms with Crippen LogP contribution in [0.25, 0.3) is 0 Å². The number of aliphatic hydroxyl groups excluding tert-OH is 7. The van der Waals surface area contributed by atoms with Gasteiger partial charge in [-0.05, 0) is 89.9 Å². The Kier molecular flexibility index (Phi) is 37.7. The van der Waals surface area contributed by atoms with Gasteiger partial charge in [0.25, 0.3) is 0 Å². The third kappa shape index (κ3) is 29.3. The number of allylic oxidation sites excluding steroid dienone is 14. The van der Waals surface area contributed by atoms with Crippen LogP contribution in [0.1, 0.15) is 155 Å². The zero-order chi connectivity index (χ0) is 50.2. The molecule has 0 saturated carbocycles. The van der Waals surface area contributed by atoms with Crippen molar-refractivity contribution in [2.24, 2.45) is 0 Å². The Morgan fingerprint density at radius 1 is 0.493 bits per heavy atom. The molecular weight excluding hydrogens is 885 g/mol. The van der Waals surface area contributed by atoms with Gasteiger partial charge in [0.05, 0.1) is 26.4 Å². The Bertz CT molecular complexity index is 1460. The largest absolute Gasteiger partial charge is 0.457 e. The van der Waals surface area contributed by atoms with Gasteiger partial charge in [0.2, 0.25) is 0 Å². The second-order valence-electron chi connectivity index (χ2n) is 18.0. The van der Waals surface area contributed by atoms with Gasteiger partial charge in [-0.25, -0.2) is 0 Å². The number of unbranched alkanes of at least 4 members (excludes halogenated alkanes) is 12. The van der Waals surface area contributed by atoms with Crippen LogP contribution in [0, 0.1) is 0 Å². The van der Waals surface area contributed by atoms with E-state index < -0.39 is 86.7 Å². The van der Waals surface area contributed by atoms with Gasteiger partial charge in [-0.15, -0.1) is 0 Å². The van der Waals surface area contributed by atoms with E-state index in [9.17, 15) is 40.5 Å². The van der Waals surface area contributed by atoms with Crippen LogP contribution in [0.5, 0.6) is 0 Å². The lowest BCUT2D eigenvalue weighted by Crippen LogP contribution is -2.61. The molecule has 0 amide bonds. The fourth-order valence-corrected chi connectivity index (χ4v) is 7.63. The van der Waals surface area contributed by atoms with Gasteiger partial charge in [-0.3, -0.25) is 4.79 Å². The average Bonchev–Trinajstić information content (AvgIpc) is 3.35. The SMILES string of the molecule is CC/C=C\C/C=C\C/C=C\C/C=C\CCCCCOCC(COC1OC(COC2OC(CO)C(O)C(O)C2O)C(O)C(O)C1O)OC(=O)CCCCCCCC/C=C\C/C=C\C/C=C\CCCCC. The summed E-state index contributed by atoms with van der Waals surface area (Å²) in [7, 11) is 0. The fourth-order valence-electron chi connectivity index (χ4n) is 7.63. The number of esters is 1. The zero-order valence-corrected chi connectivity index (χ0v) is 42.0. The molecule has 2 saturated heterocycles. The minimum absolute atomic E-state index is 0.0293. The predicted molar refractivity (Wildman–Crippen MR) is 270 cm³/mol. The molecule has 2 aliphatic heterocycles. The Morgan fingerprint density at radius 3 is 1.48 bits per heavy atom. The lowest BCUT2D eigenvalue weighted by Gasteiger charge is -2.42. The molecular formula is C55H92O14. The van der Waals surface area contributed by atoms with E-state index in [2.05, 4.69) is 98.9 Å². The molecule has 0 aliphatic carbocycles. The first kappa shape index (κ1) is 62.3. The molecule has 2 rings (SSSR count). The van der Waals surface area contributed by atoms with E-state index in [4.69, 9.17) is 28.4 Å². The van der Waals surface area contributed by atoms with E-state index in [-0.39, 0.29) is 19.6 Å². The van der Waals surface area contributed by atoms with Crippen LogP contribution < -0.4 is 0 Å². The summed E-state index contributed by atoms with van der Waals surface area (Å²) in [6.07, 6.45) is 36.4. The number of rotatable bonds is 40. The topological polar surface area (TPSA) is 214 Å². The summed E-state index contributed by atoms with van der Waals surface area (Å²) >= 11 is 0. The summed E-state index contributed by atoms with van der Waals surface area (Å²) in [6, 6.07) is 0. The van der Waals surface area contributed by atoms with Crippen molar-refractivity contribution in [1.82, 2.24) is 0 Å². The first-order valence-corrected chi connectivity index (χ1v) is 26.2. The Morgan fingerprint density at radius 2 is 0.942 bits per heavy atom. The summed E-state index contributed by atoms with van der Waals surface area (Å²) in [5, 5.41) is 72.2. The molecule has 0 radical (unpaired) electrons. The molecule has 396 valence electrons. The fraction of sp³-hybridized carbons (Fsp3) is 0.727. The summed E-state index contributed by atoms with van der Waals surface area (Å²) < 4.78 is 34.2. The second kappa shape index (κ2) is 41.8. The van der Waals surface area contributed by atoms with Crippen molar-refractivity contribution < 1.29 is 69.0 Å². The van der Waals surface area contributed by atoms with Crippen molar-refractivity contribution in [3.63, 3.8) is 0 Å². The number of hydrogen-bond acceptors (Lipinski definition) is 14. The van der Waals surface area contributed by atoms with Crippen LogP contribution in [0.2, 0.25) is 0 Å². The lowest BCUT2D eigenvalue weighted by atomic mass is 9.98. The van der Waals surface area contributed by atoms with Gasteiger partial charge in [0, 0.05) is 13.0 Å². The number of aliphatic hydroxyl groups is 7.